The molecule has 126 valence electrons. The van der Waals surface area contributed by atoms with Crippen LogP contribution in [0.5, 0.6) is 0 Å². The molecular formula is C18H18Cl2N2O2. The molecule has 4 nitrogen and oxygen atoms in total. The first kappa shape index (κ1) is 18.3. The van der Waals surface area contributed by atoms with Crippen LogP contribution in [0.2, 0.25) is 10.0 Å². The first-order chi connectivity index (χ1) is 11.6. The molecule has 24 heavy (non-hydrogen) atoms. The van der Waals surface area contributed by atoms with Crippen molar-refractivity contribution in [2.45, 2.75) is 12.8 Å². The zero-order valence-electron chi connectivity index (χ0n) is 13.0. The van der Waals surface area contributed by atoms with E-state index in [9.17, 15) is 9.59 Å². The zero-order chi connectivity index (χ0) is 17.4. The fourth-order valence-electron chi connectivity index (χ4n) is 2.14. The number of benzene rings is 2. The summed E-state index contributed by atoms with van der Waals surface area (Å²) in [7, 11) is 0. The lowest BCUT2D eigenvalue weighted by Crippen LogP contribution is -2.34. The van der Waals surface area contributed by atoms with Gasteiger partial charge in [-0.15, -0.1) is 0 Å². The van der Waals surface area contributed by atoms with Crippen molar-refractivity contribution in [2.24, 2.45) is 0 Å². The van der Waals surface area contributed by atoms with E-state index in [0.717, 1.165) is 5.56 Å². The van der Waals surface area contributed by atoms with Gasteiger partial charge < -0.3 is 10.6 Å². The van der Waals surface area contributed by atoms with Crippen molar-refractivity contribution >= 4 is 35.0 Å². The molecule has 0 saturated heterocycles. The highest BCUT2D eigenvalue weighted by Gasteiger charge is 2.10. The van der Waals surface area contributed by atoms with Crippen molar-refractivity contribution in [3.63, 3.8) is 0 Å². The van der Waals surface area contributed by atoms with Gasteiger partial charge in [-0.1, -0.05) is 53.5 Å². The molecule has 0 atom stereocenters. The first-order valence-corrected chi connectivity index (χ1v) is 8.36. The van der Waals surface area contributed by atoms with Crippen molar-refractivity contribution in [3.05, 3.63) is 69.7 Å². The number of carbonyl (C=O) groups is 2. The average Bonchev–Trinajstić information content (AvgIpc) is 2.59. The van der Waals surface area contributed by atoms with Crippen LogP contribution in [0.4, 0.5) is 0 Å². The summed E-state index contributed by atoms with van der Waals surface area (Å²) in [5, 5.41) is 6.25. The van der Waals surface area contributed by atoms with Gasteiger partial charge in [0.15, 0.2) is 0 Å². The molecule has 2 rings (SSSR count). The van der Waals surface area contributed by atoms with Gasteiger partial charge in [0.25, 0.3) is 5.91 Å². The second kappa shape index (κ2) is 9.30. The quantitative estimate of drug-likeness (QED) is 0.739. The van der Waals surface area contributed by atoms with E-state index in [0.29, 0.717) is 41.5 Å². The molecule has 0 fully saturated rings. The van der Waals surface area contributed by atoms with Crippen LogP contribution in [0, 0.1) is 0 Å². The van der Waals surface area contributed by atoms with E-state index in [1.165, 1.54) is 6.07 Å². The van der Waals surface area contributed by atoms with Gasteiger partial charge in [-0.05, 0) is 30.2 Å². The monoisotopic (exact) mass is 364 g/mol. The summed E-state index contributed by atoms with van der Waals surface area (Å²) in [6.45, 7) is 0.677. The first-order valence-electron chi connectivity index (χ1n) is 7.60. The predicted molar refractivity (Wildman–Crippen MR) is 96.6 cm³/mol. The highest BCUT2D eigenvalue weighted by Crippen LogP contribution is 2.20. The number of hydrogen-bond donors (Lipinski definition) is 2. The number of aryl methyl sites for hydroxylation is 1. The maximum atomic E-state index is 12.0. The lowest BCUT2D eigenvalue weighted by Gasteiger charge is -2.08. The molecule has 2 N–H and O–H groups in total. The molecule has 0 spiro atoms. The van der Waals surface area contributed by atoms with Gasteiger partial charge in [0.2, 0.25) is 5.91 Å². The second-order valence-corrected chi connectivity index (χ2v) is 6.06. The fraction of sp³-hybridized carbons (Fsp3) is 0.222. The van der Waals surface area contributed by atoms with Crippen molar-refractivity contribution in [2.75, 3.05) is 13.1 Å². The van der Waals surface area contributed by atoms with Crippen LogP contribution in [0.25, 0.3) is 0 Å². The summed E-state index contributed by atoms with van der Waals surface area (Å²) in [6.07, 6.45) is 1.11. The Balaban J connectivity index is 1.68. The zero-order valence-corrected chi connectivity index (χ0v) is 14.5. The van der Waals surface area contributed by atoms with E-state index in [2.05, 4.69) is 10.6 Å². The minimum Gasteiger partial charge on any atom is -0.354 e. The van der Waals surface area contributed by atoms with E-state index in [-0.39, 0.29) is 11.8 Å². The SMILES string of the molecule is O=C(CCc1ccccc1)NCCNC(=O)c1cc(Cl)ccc1Cl. The van der Waals surface area contributed by atoms with Crippen molar-refractivity contribution in [1.29, 1.82) is 0 Å². The van der Waals surface area contributed by atoms with E-state index >= 15 is 0 Å². The number of halogens is 2. The van der Waals surface area contributed by atoms with E-state index < -0.39 is 0 Å². The Morgan fingerprint density at radius 1 is 0.917 bits per heavy atom. The maximum absolute atomic E-state index is 12.0. The summed E-state index contributed by atoms with van der Waals surface area (Å²) < 4.78 is 0. The molecule has 0 aliphatic rings. The molecule has 0 saturated carbocycles. The molecule has 6 heteroatoms. The van der Waals surface area contributed by atoms with E-state index in [1.54, 1.807) is 12.1 Å². The standard InChI is InChI=1S/C18H18Cl2N2O2/c19-14-7-8-16(20)15(12-14)18(24)22-11-10-21-17(23)9-6-13-4-2-1-3-5-13/h1-5,7-8,12H,6,9-11H2,(H,21,23)(H,22,24). The summed E-state index contributed by atoms with van der Waals surface area (Å²) in [6, 6.07) is 14.5. The van der Waals surface area contributed by atoms with Crippen LogP contribution in [-0.2, 0) is 11.2 Å². The molecule has 2 amide bonds. The van der Waals surface area contributed by atoms with Crippen molar-refractivity contribution < 1.29 is 9.59 Å². The Hall–Kier alpha value is -2.04. The number of carbonyl (C=O) groups excluding carboxylic acids is 2. The van der Waals surface area contributed by atoms with Gasteiger partial charge in [-0.25, -0.2) is 0 Å². The molecule has 0 unspecified atom stereocenters. The van der Waals surface area contributed by atoms with Crippen LogP contribution >= 0.6 is 23.2 Å². The number of rotatable bonds is 7. The lowest BCUT2D eigenvalue weighted by molar-refractivity contribution is -0.121. The van der Waals surface area contributed by atoms with Gasteiger partial charge in [0, 0.05) is 24.5 Å². The third-order valence-corrected chi connectivity index (χ3v) is 3.95. The van der Waals surface area contributed by atoms with Gasteiger partial charge in [0.1, 0.15) is 0 Å². The molecular weight excluding hydrogens is 347 g/mol. The molecule has 0 aliphatic heterocycles. The molecule has 0 bridgehead atoms. The maximum Gasteiger partial charge on any atom is 0.252 e. The van der Waals surface area contributed by atoms with E-state index in [4.69, 9.17) is 23.2 Å². The summed E-state index contributed by atoms with van der Waals surface area (Å²) in [5.74, 6) is -0.366. The second-order valence-electron chi connectivity index (χ2n) is 5.22. The molecule has 0 heterocycles. The van der Waals surface area contributed by atoms with Gasteiger partial charge >= 0.3 is 0 Å². The van der Waals surface area contributed by atoms with Gasteiger partial charge in [0.05, 0.1) is 10.6 Å². The highest BCUT2D eigenvalue weighted by atomic mass is 35.5. The van der Waals surface area contributed by atoms with Gasteiger partial charge in [-0.3, -0.25) is 9.59 Å². The van der Waals surface area contributed by atoms with Gasteiger partial charge in [-0.2, -0.15) is 0 Å². The Bertz CT molecular complexity index is 705. The third-order valence-electron chi connectivity index (χ3n) is 3.39. The summed E-state index contributed by atoms with van der Waals surface area (Å²) in [4.78, 5) is 23.8. The van der Waals surface area contributed by atoms with E-state index in [1.807, 2.05) is 30.3 Å². The fourth-order valence-corrected chi connectivity index (χ4v) is 2.51. The van der Waals surface area contributed by atoms with Crippen LogP contribution in [0.15, 0.2) is 48.5 Å². The Kier molecular flexibility index (Phi) is 7.09. The minimum absolute atomic E-state index is 0.0473. The van der Waals surface area contributed by atoms with Crippen LogP contribution in [0.1, 0.15) is 22.3 Å². The molecule has 0 aliphatic carbocycles. The van der Waals surface area contributed by atoms with Crippen LogP contribution in [0.3, 0.4) is 0 Å². The Labute approximate surface area is 151 Å². The molecule has 2 aromatic rings. The number of amides is 2. The molecule has 2 aromatic carbocycles. The third kappa shape index (κ3) is 5.87. The predicted octanol–water partition coefficient (Wildman–Crippen LogP) is 3.47. The average molecular weight is 365 g/mol. The molecule has 0 aromatic heterocycles. The van der Waals surface area contributed by atoms with Crippen LogP contribution in [-0.4, -0.2) is 24.9 Å². The number of nitrogens with one attached hydrogen (secondary N) is 2. The Morgan fingerprint density at radius 3 is 2.38 bits per heavy atom. The normalized spacial score (nSPS) is 10.2. The minimum atomic E-state index is -0.318. The van der Waals surface area contributed by atoms with Crippen LogP contribution < -0.4 is 10.6 Å². The smallest absolute Gasteiger partial charge is 0.252 e. The largest absolute Gasteiger partial charge is 0.354 e. The number of hydrogen-bond acceptors (Lipinski definition) is 2. The topological polar surface area (TPSA) is 58.2 Å². The Morgan fingerprint density at radius 2 is 1.62 bits per heavy atom. The molecule has 0 radical (unpaired) electrons. The summed E-state index contributed by atoms with van der Waals surface area (Å²) >= 11 is 11.8. The van der Waals surface area contributed by atoms with Crippen molar-refractivity contribution in [1.82, 2.24) is 10.6 Å². The highest BCUT2D eigenvalue weighted by molar-refractivity contribution is 6.35. The lowest BCUT2D eigenvalue weighted by atomic mass is 10.1. The summed E-state index contributed by atoms with van der Waals surface area (Å²) in [5.41, 5.74) is 1.44. The van der Waals surface area contributed by atoms with Crippen molar-refractivity contribution in [3.8, 4) is 0 Å².